The van der Waals surface area contributed by atoms with Crippen LogP contribution in [0.3, 0.4) is 0 Å². The van der Waals surface area contributed by atoms with Gasteiger partial charge < -0.3 is 5.32 Å². The average molecular weight is 263 g/mol. The molecule has 1 nitrogen and oxygen atoms in total. The van der Waals surface area contributed by atoms with Crippen molar-refractivity contribution in [2.45, 2.75) is 78.2 Å². The van der Waals surface area contributed by atoms with E-state index in [1.165, 1.54) is 51.5 Å². The maximum absolute atomic E-state index is 4.01. The highest BCUT2D eigenvalue weighted by molar-refractivity contribution is 4.93. The average Bonchev–Trinajstić information content (AvgIpc) is 2.97. The van der Waals surface area contributed by atoms with Gasteiger partial charge in [0, 0.05) is 6.04 Å². The molecule has 0 aromatic carbocycles. The summed E-state index contributed by atoms with van der Waals surface area (Å²) in [5, 5.41) is 4.01. The molecule has 3 fully saturated rings. The van der Waals surface area contributed by atoms with E-state index >= 15 is 0 Å². The summed E-state index contributed by atoms with van der Waals surface area (Å²) >= 11 is 0. The van der Waals surface area contributed by atoms with Gasteiger partial charge in [-0.25, -0.2) is 0 Å². The highest BCUT2D eigenvalue weighted by atomic mass is 14.9. The first-order chi connectivity index (χ1) is 9.04. The molecule has 1 N–H and O–H groups in total. The van der Waals surface area contributed by atoms with Crippen molar-refractivity contribution in [1.29, 1.82) is 0 Å². The van der Waals surface area contributed by atoms with Gasteiger partial charge in [0.1, 0.15) is 0 Å². The van der Waals surface area contributed by atoms with Gasteiger partial charge in [-0.3, -0.25) is 0 Å². The van der Waals surface area contributed by atoms with Crippen molar-refractivity contribution in [3.05, 3.63) is 0 Å². The normalized spacial score (nSPS) is 42.8. The van der Waals surface area contributed by atoms with Crippen LogP contribution >= 0.6 is 0 Å². The third-order valence-corrected chi connectivity index (χ3v) is 6.41. The van der Waals surface area contributed by atoms with E-state index in [9.17, 15) is 0 Å². The molecule has 1 heteroatoms. The monoisotopic (exact) mass is 263 g/mol. The summed E-state index contributed by atoms with van der Waals surface area (Å²) in [7, 11) is 0. The van der Waals surface area contributed by atoms with Crippen LogP contribution in [0.15, 0.2) is 0 Å². The molecular weight excluding hydrogens is 230 g/mol. The van der Waals surface area contributed by atoms with E-state index in [4.69, 9.17) is 0 Å². The molecule has 5 atom stereocenters. The molecule has 19 heavy (non-hydrogen) atoms. The van der Waals surface area contributed by atoms with Crippen molar-refractivity contribution in [1.82, 2.24) is 5.32 Å². The van der Waals surface area contributed by atoms with Gasteiger partial charge in [-0.15, -0.1) is 0 Å². The second-order valence-electron chi connectivity index (χ2n) is 8.71. The lowest BCUT2D eigenvalue weighted by molar-refractivity contribution is 0.124. The van der Waals surface area contributed by atoms with Crippen LogP contribution in [0.2, 0.25) is 0 Å². The molecule has 0 spiro atoms. The smallest absolute Gasteiger partial charge is 0.0100 e. The minimum atomic E-state index is 0.479. The molecule has 110 valence electrons. The fourth-order valence-electron chi connectivity index (χ4n) is 5.34. The van der Waals surface area contributed by atoms with Gasteiger partial charge in [0.15, 0.2) is 0 Å². The first kappa shape index (κ1) is 13.9. The summed E-state index contributed by atoms with van der Waals surface area (Å²) in [6.07, 6.45) is 11.9. The Hall–Kier alpha value is -0.0400. The molecule has 0 amide bonds. The molecule has 0 aliphatic heterocycles. The first-order valence-electron chi connectivity index (χ1n) is 8.77. The summed E-state index contributed by atoms with van der Waals surface area (Å²) in [5.41, 5.74) is 0.479. The maximum Gasteiger partial charge on any atom is 0.0100 e. The van der Waals surface area contributed by atoms with E-state index in [0.717, 1.165) is 29.7 Å². The van der Waals surface area contributed by atoms with Crippen molar-refractivity contribution in [3.8, 4) is 0 Å². The number of fused-ring (bicyclic) bond motifs is 2. The Bertz CT molecular complexity index is 303. The van der Waals surface area contributed by atoms with Crippen molar-refractivity contribution >= 4 is 0 Å². The third kappa shape index (κ3) is 3.01. The van der Waals surface area contributed by atoms with E-state index < -0.39 is 0 Å². The van der Waals surface area contributed by atoms with Gasteiger partial charge in [0.2, 0.25) is 0 Å². The Morgan fingerprint density at radius 3 is 2.37 bits per heavy atom. The van der Waals surface area contributed by atoms with E-state index in [2.05, 4.69) is 26.1 Å². The van der Waals surface area contributed by atoms with Crippen LogP contribution in [-0.2, 0) is 0 Å². The first-order valence-corrected chi connectivity index (χ1v) is 8.77. The minimum absolute atomic E-state index is 0.479. The Morgan fingerprint density at radius 1 is 0.947 bits per heavy atom. The second-order valence-corrected chi connectivity index (χ2v) is 8.71. The maximum atomic E-state index is 4.01. The van der Waals surface area contributed by atoms with Crippen LogP contribution in [0.25, 0.3) is 0 Å². The molecule has 2 bridgehead atoms. The second kappa shape index (κ2) is 5.39. The SMILES string of the molecule is CC(C)(C)C1CCCCC1NCC1CC2CCC1C2. The fourth-order valence-corrected chi connectivity index (χ4v) is 5.34. The fraction of sp³-hybridized carbons (Fsp3) is 1.00. The summed E-state index contributed by atoms with van der Waals surface area (Å²) in [6, 6.07) is 0.799. The van der Waals surface area contributed by atoms with Gasteiger partial charge in [0.05, 0.1) is 0 Å². The summed E-state index contributed by atoms with van der Waals surface area (Å²) in [5.74, 6) is 4.08. The van der Waals surface area contributed by atoms with Gasteiger partial charge in [0.25, 0.3) is 0 Å². The Morgan fingerprint density at radius 2 is 1.74 bits per heavy atom. The molecular formula is C18H33N. The molecule has 3 aliphatic rings. The highest BCUT2D eigenvalue weighted by Gasteiger charge is 2.40. The van der Waals surface area contributed by atoms with Crippen molar-refractivity contribution in [2.24, 2.45) is 29.1 Å². The zero-order valence-electron chi connectivity index (χ0n) is 13.3. The Balaban J connectivity index is 1.53. The molecule has 0 aromatic rings. The highest BCUT2D eigenvalue weighted by Crippen LogP contribution is 2.48. The zero-order chi connectivity index (χ0) is 13.5. The number of nitrogens with one attached hydrogen (secondary N) is 1. The summed E-state index contributed by atoms with van der Waals surface area (Å²) in [6.45, 7) is 8.64. The third-order valence-electron chi connectivity index (χ3n) is 6.41. The Kier molecular flexibility index (Phi) is 3.95. The van der Waals surface area contributed by atoms with Crippen LogP contribution < -0.4 is 5.32 Å². The van der Waals surface area contributed by atoms with Gasteiger partial charge in [-0.05, 0) is 67.7 Å². The van der Waals surface area contributed by atoms with E-state index in [1.54, 1.807) is 6.42 Å². The van der Waals surface area contributed by atoms with Crippen LogP contribution in [0, 0.1) is 29.1 Å². The predicted molar refractivity (Wildman–Crippen MR) is 82.1 cm³/mol. The molecule has 0 heterocycles. The van der Waals surface area contributed by atoms with E-state index in [1.807, 2.05) is 0 Å². The number of hydrogen-bond acceptors (Lipinski definition) is 1. The van der Waals surface area contributed by atoms with Gasteiger partial charge >= 0.3 is 0 Å². The molecule has 0 radical (unpaired) electrons. The van der Waals surface area contributed by atoms with Gasteiger partial charge in [-0.2, -0.15) is 0 Å². The van der Waals surface area contributed by atoms with Crippen molar-refractivity contribution < 1.29 is 0 Å². The van der Waals surface area contributed by atoms with Crippen LogP contribution in [0.5, 0.6) is 0 Å². The molecule has 5 unspecified atom stereocenters. The Labute approximate surface area is 119 Å². The zero-order valence-corrected chi connectivity index (χ0v) is 13.3. The lowest BCUT2D eigenvalue weighted by Crippen LogP contribution is -2.46. The van der Waals surface area contributed by atoms with E-state index in [-0.39, 0.29) is 0 Å². The van der Waals surface area contributed by atoms with Crippen LogP contribution in [0.1, 0.15) is 72.1 Å². The minimum Gasteiger partial charge on any atom is -0.313 e. The van der Waals surface area contributed by atoms with Gasteiger partial charge in [-0.1, -0.05) is 40.0 Å². The lowest BCUT2D eigenvalue weighted by atomic mass is 9.69. The standard InChI is InChI=1S/C18H33N/c1-18(2,3)16-6-4-5-7-17(16)19-12-15-11-13-8-9-14(15)10-13/h13-17,19H,4-12H2,1-3H3. The molecule has 3 saturated carbocycles. The molecule has 3 aliphatic carbocycles. The van der Waals surface area contributed by atoms with Crippen LogP contribution in [-0.4, -0.2) is 12.6 Å². The van der Waals surface area contributed by atoms with E-state index in [0.29, 0.717) is 5.41 Å². The largest absolute Gasteiger partial charge is 0.313 e. The van der Waals surface area contributed by atoms with Crippen molar-refractivity contribution in [3.63, 3.8) is 0 Å². The lowest BCUT2D eigenvalue weighted by Gasteiger charge is -2.41. The quantitative estimate of drug-likeness (QED) is 0.783. The molecule has 3 rings (SSSR count). The molecule has 0 saturated heterocycles. The summed E-state index contributed by atoms with van der Waals surface area (Å²) < 4.78 is 0. The van der Waals surface area contributed by atoms with Crippen LogP contribution in [0.4, 0.5) is 0 Å². The molecule has 0 aromatic heterocycles. The number of rotatable bonds is 3. The summed E-state index contributed by atoms with van der Waals surface area (Å²) in [4.78, 5) is 0. The topological polar surface area (TPSA) is 12.0 Å². The van der Waals surface area contributed by atoms with Crippen molar-refractivity contribution in [2.75, 3.05) is 6.54 Å². The predicted octanol–water partition coefficient (Wildman–Crippen LogP) is 4.62. The number of hydrogen-bond donors (Lipinski definition) is 1.